The molecule has 1 heterocycles. The number of nitro groups is 1. The van der Waals surface area contributed by atoms with E-state index in [-0.39, 0.29) is 15.9 Å². The third-order valence-electron chi connectivity index (χ3n) is 2.17. The van der Waals surface area contributed by atoms with Crippen LogP contribution in [0.5, 0.6) is 0 Å². The van der Waals surface area contributed by atoms with Crippen molar-refractivity contribution in [2.24, 2.45) is 0 Å². The summed E-state index contributed by atoms with van der Waals surface area (Å²) in [6, 6.07) is 6.95. The Morgan fingerprint density at radius 1 is 1.43 bits per heavy atom. The van der Waals surface area contributed by atoms with Gasteiger partial charge in [0.05, 0.1) is 4.92 Å². The van der Waals surface area contributed by atoms with E-state index in [0.29, 0.717) is 0 Å². The minimum absolute atomic E-state index is 0.219. The molecule has 1 aliphatic rings. The van der Waals surface area contributed by atoms with Gasteiger partial charge in [0.1, 0.15) is 0 Å². The normalized spacial score (nSPS) is 19.9. The molecule has 72 valence electrons. The van der Waals surface area contributed by atoms with Crippen molar-refractivity contribution in [1.29, 1.82) is 0 Å². The first-order valence-corrected chi connectivity index (χ1v) is 5.27. The molecule has 1 atom stereocenters. The predicted molar refractivity (Wildman–Crippen MR) is 57.2 cm³/mol. The summed E-state index contributed by atoms with van der Waals surface area (Å²) >= 11 is 1.64. The second-order valence-corrected chi connectivity index (χ2v) is 4.16. The van der Waals surface area contributed by atoms with Gasteiger partial charge in [0.2, 0.25) is 0 Å². The molecule has 0 amide bonds. The van der Waals surface area contributed by atoms with Crippen molar-refractivity contribution in [2.75, 3.05) is 0 Å². The lowest BCUT2D eigenvalue weighted by molar-refractivity contribution is -0.385. The van der Waals surface area contributed by atoms with Crippen molar-refractivity contribution < 1.29 is 4.92 Å². The first-order chi connectivity index (χ1) is 6.79. The SMILES string of the molecule is O=[N+]([O-])c1ccccc1C1CC=CS1. The lowest BCUT2D eigenvalue weighted by Gasteiger charge is -2.08. The third kappa shape index (κ3) is 1.65. The van der Waals surface area contributed by atoms with E-state index in [1.54, 1.807) is 23.9 Å². The van der Waals surface area contributed by atoms with Crippen LogP contribution in [0, 0.1) is 10.1 Å². The average molecular weight is 207 g/mol. The lowest BCUT2D eigenvalue weighted by atomic mass is 10.1. The maximum Gasteiger partial charge on any atom is 0.273 e. The van der Waals surface area contributed by atoms with Crippen LogP contribution in [0.15, 0.2) is 35.7 Å². The highest BCUT2D eigenvalue weighted by molar-refractivity contribution is 8.02. The van der Waals surface area contributed by atoms with E-state index in [0.717, 1.165) is 12.0 Å². The van der Waals surface area contributed by atoms with E-state index >= 15 is 0 Å². The van der Waals surface area contributed by atoms with Gasteiger partial charge >= 0.3 is 0 Å². The molecule has 1 unspecified atom stereocenters. The zero-order valence-corrected chi connectivity index (χ0v) is 8.24. The van der Waals surface area contributed by atoms with E-state index in [1.807, 2.05) is 23.6 Å². The van der Waals surface area contributed by atoms with Crippen molar-refractivity contribution >= 4 is 17.4 Å². The van der Waals surface area contributed by atoms with E-state index in [2.05, 4.69) is 0 Å². The summed E-state index contributed by atoms with van der Waals surface area (Å²) in [4.78, 5) is 10.4. The highest BCUT2D eigenvalue weighted by Crippen LogP contribution is 2.41. The van der Waals surface area contributed by atoms with Crippen molar-refractivity contribution in [2.45, 2.75) is 11.7 Å². The van der Waals surface area contributed by atoms with Crippen LogP contribution < -0.4 is 0 Å². The Balaban J connectivity index is 2.36. The van der Waals surface area contributed by atoms with E-state index < -0.39 is 0 Å². The molecule has 4 heteroatoms. The monoisotopic (exact) mass is 207 g/mol. The summed E-state index contributed by atoms with van der Waals surface area (Å²) in [5.41, 5.74) is 1.06. The number of hydrogen-bond donors (Lipinski definition) is 0. The number of rotatable bonds is 2. The summed E-state index contributed by atoms with van der Waals surface area (Å²) in [6.07, 6.45) is 2.93. The molecule has 0 N–H and O–H groups in total. The van der Waals surface area contributed by atoms with Crippen LogP contribution in [0.3, 0.4) is 0 Å². The molecule has 0 aliphatic carbocycles. The molecule has 0 spiro atoms. The van der Waals surface area contributed by atoms with Crippen LogP contribution in [0.25, 0.3) is 0 Å². The number of benzene rings is 1. The smallest absolute Gasteiger partial charge is 0.258 e. The zero-order chi connectivity index (χ0) is 9.97. The zero-order valence-electron chi connectivity index (χ0n) is 7.42. The van der Waals surface area contributed by atoms with Gasteiger partial charge in [-0.3, -0.25) is 10.1 Å². The molecule has 1 aromatic rings. The van der Waals surface area contributed by atoms with Gasteiger partial charge in [-0.2, -0.15) is 0 Å². The largest absolute Gasteiger partial charge is 0.273 e. The Hall–Kier alpha value is -1.29. The molecule has 3 nitrogen and oxygen atoms in total. The first-order valence-electron chi connectivity index (χ1n) is 4.33. The van der Waals surface area contributed by atoms with Crippen molar-refractivity contribution in [1.82, 2.24) is 0 Å². The third-order valence-corrected chi connectivity index (χ3v) is 3.29. The number of nitrogens with zero attached hydrogens (tertiary/aromatic N) is 1. The first kappa shape index (κ1) is 9.27. The van der Waals surface area contributed by atoms with Gasteiger partial charge in [0, 0.05) is 16.9 Å². The van der Waals surface area contributed by atoms with Crippen LogP contribution in [0.4, 0.5) is 5.69 Å². The average Bonchev–Trinajstić information content (AvgIpc) is 2.70. The second-order valence-electron chi connectivity index (χ2n) is 3.05. The van der Waals surface area contributed by atoms with E-state index in [4.69, 9.17) is 0 Å². The highest BCUT2D eigenvalue weighted by atomic mass is 32.2. The summed E-state index contributed by atoms with van der Waals surface area (Å²) in [7, 11) is 0. The maximum absolute atomic E-state index is 10.8. The van der Waals surface area contributed by atoms with Crippen molar-refractivity contribution in [3.8, 4) is 0 Å². The van der Waals surface area contributed by atoms with Crippen molar-refractivity contribution in [3.05, 3.63) is 51.4 Å². The summed E-state index contributed by atoms with van der Waals surface area (Å²) in [6.45, 7) is 0. The fourth-order valence-corrected chi connectivity index (χ4v) is 2.49. The van der Waals surface area contributed by atoms with Gasteiger partial charge < -0.3 is 0 Å². The summed E-state index contributed by atoms with van der Waals surface area (Å²) < 4.78 is 0. The Labute approximate surface area is 86.0 Å². The Kier molecular flexibility index (Phi) is 2.54. The number of thioether (sulfide) groups is 1. The number of nitro benzene ring substituents is 1. The molecule has 0 bridgehead atoms. The topological polar surface area (TPSA) is 43.1 Å². The molecule has 0 radical (unpaired) electrons. The predicted octanol–water partition coefficient (Wildman–Crippen LogP) is 3.29. The van der Waals surface area contributed by atoms with Gasteiger partial charge in [-0.25, -0.2) is 0 Å². The highest BCUT2D eigenvalue weighted by Gasteiger charge is 2.22. The van der Waals surface area contributed by atoms with Crippen LogP contribution in [0.1, 0.15) is 17.2 Å². The van der Waals surface area contributed by atoms with Crippen LogP contribution in [0.2, 0.25) is 0 Å². The Morgan fingerprint density at radius 3 is 2.86 bits per heavy atom. The molecule has 0 saturated carbocycles. The minimum atomic E-state index is -0.311. The Morgan fingerprint density at radius 2 is 2.21 bits per heavy atom. The maximum atomic E-state index is 10.8. The molecular weight excluding hydrogens is 198 g/mol. The molecule has 2 rings (SSSR count). The second kappa shape index (κ2) is 3.84. The van der Waals surface area contributed by atoms with Gasteiger partial charge in [-0.05, 0) is 11.8 Å². The quantitative estimate of drug-likeness (QED) is 0.552. The van der Waals surface area contributed by atoms with E-state index in [9.17, 15) is 10.1 Å². The van der Waals surface area contributed by atoms with Gasteiger partial charge in [-0.15, -0.1) is 11.8 Å². The molecule has 1 aromatic carbocycles. The fourth-order valence-electron chi connectivity index (χ4n) is 1.51. The lowest BCUT2D eigenvalue weighted by Crippen LogP contribution is -1.97. The number of para-hydroxylation sites is 1. The Bertz CT molecular complexity index is 381. The molecular formula is C10H9NO2S. The van der Waals surface area contributed by atoms with Crippen LogP contribution in [-0.4, -0.2) is 4.92 Å². The van der Waals surface area contributed by atoms with Gasteiger partial charge in [-0.1, -0.05) is 24.3 Å². The molecule has 0 saturated heterocycles. The number of allylic oxidation sites excluding steroid dienone is 1. The van der Waals surface area contributed by atoms with Crippen molar-refractivity contribution in [3.63, 3.8) is 0 Å². The molecule has 1 aliphatic heterocycles. The molecule has 0 aromatic heterocycles. The fraction of sp³-hybridized carbons (Fsp3) is 0.200. The van der Waals surface area contributed by atoms with E-state index in [1.165, 1.54) is 0 Å². The standard InChI is InChI=1S/C10H9NO2S/c12-11(13)9-5-2-1-4-8(9)10-6-3-7-14-10/h1-5,7,10H,6H2. The minimum Gasteiger partial charge on any atom is -0.258 e. The summed E-state index contributed by atoms with van der Waals surface area (Å²) in [5.74, 6) is 0. The molecule has 0 fully saturated rings. The van der Waals surface area contributed by atoms with Gasteiger partial charge in [0.25, 0.3) is 5.69 Å². The molecule has 14 heavy (non-hydrogen) atoms. The summed E-state index contributed by atoms with van der Waals surface area (Å²) in [5, 5.41) is 13.0. The van der Waals surface area contributed by atoms with Crippen LogP contribution >= 0.6 is 11.8 Å². The van der Waals surface area contributed by atoms with Crippen LogP contribution in [-0.2, 0) is 0 Å². The van der Waals surface area contributed by atoms with Gasteiger partial charge in [0.15, 0.2) is 0 Å². The number of hydrogen-bond acceptors (Lipinski definition) is 3.